The summed E-state index contributed by atoms with van der Waals surface area (Å²) in [5, 5.41) is 13.9. The zero-order valence-electron chi connectivity index (χ0n) is 15.4. The standard InChI is InChI=1S/C20H16N6O2S/c27-18-14-7-1-2-8-15(14)19(28)25(18)11-4-3-9-16-24-26-17(22-23-20(26)29-16)13-6-5-10-21-12-13/h1-2,5-8,10,12H,3-4,9,11H2. The minimum Gasteiger partial charge on any atom is -0.274 e. The number of hydrogen-bond donors (Lipinski definition) is 0. The van der Waals surface area contributed by atoms with Crippen LogP contribution >= 0.6 is 11.3 Å². The Morgan fingerprint density at radius 1 is 0.931 bits per heavy atom. The zero-order valence-corrected chi connectivity index (χ0v) is 16.2. The lowest BCUT2D eigenvalue weighted by Crippen LogP contribution is -2.30. The van der Waals surface area contributed by atoms with Gasteiger partial charge in [-0.05, 0) is 37.1 Å². The minimum atomic E-state index is -0.203. The van der Waals surface area contributed by atoms with Crippen LogP contribution in [0.2, 0.25) is 0 Å². The van der Waals surface area contributed by atoms with E-state index in [1.807, 2.05) is 12.1 Å². The van der Waals surface area contributed by atoms with Crippen LogP contribution in [0.5, 0.6) is 0 Å². The van der Waals surface area contributed by atoms with Crippen molar-refractivity contribution >= 4 is 28.1 Å². The quantitative estimate of drug-likeness (QED) is 0.362. The third-order valence-electron chi connectivity index (χ3n) is 4.85. The van der Waals surface area contributed by atoms with E-state index in [2.05, 4.69) is 20.3 Å². The molecule has 1 aliphatic heterocycles. The second-order valence-corrected chi connectivity index (χ2v) is 7.76. The molecule has 2 amide bonds. The molecule has 5 rings (SSSR count). The van der Waals surface area contributed by atoms with Crippen LogP contribution in [0.15, 0.2) is 48.8 Å². The molecule has 0 saturated carbocycles. The zero-order chi connectivity index (χ0) is 19.8. The Hall–Kier alpha value is -3.46. The minimum absolute atomic E-state index is 0.203. The first-order chi connectivity index (χ1) is 14.2. The van der Waals surface area contributed by atoms with Gasteiger partial charge < -0.3 is 0 Å². The number of carbonyl (C=O) groups excluding carboxylic acids is 2. The van der Waals surface area contributed by atoms with Crippen molar-refractivity contribution in [1.29, 1.82) is 0 Å². The van der Waals surface area contributed by atoms with Gasteiger partial charge in [-0.2, -0.15) is 9.61 Å². The third-order valence-corrected chi connectivity index (χ3v) is 5.81. The SMILES string of the molecule is O=C1c2ccccc2C(=O)N1CCCCc1nn2c(-c3cccnc3)nnc2s1. The molecule has 0 unspecified atom stereocenters. The molecule has 8 nitrogen and oxygen atoms in total. The van der Waals surface area contributed by atoms with Crippen molar-refractivity contribution in [2.45, 2.75) is 19.3 Å². The lowest BCUT2D eigenvalue weighted by molar-refractivity contribution is 0.0652. The number of carbonyl (C=O) groups is 2. The van der Waals surface area contributed by atoms with Crippen molar-refractivity contribution in [1.82, 2.24) is 29.7 Å². The number of rotatable bonds is 6. The molecule has 0 atom stereocenters. The van der Waals surface area contributed by atoms with Crippen molar-refractivity contribution in [3.63, 3.8) is 0 Å². The van der Waals surface area contributed by atoms with E-state index in [1.54, 1.807) is 41.2 Å². The summed E-state index contributed by atoms with van der Waals surface area (Å²) < 4.78 is 1.74. The van der Waals surface area contributed by atoms with Crippen molar-refractivity contribution in [3.05, 3.63) is 64.9 Å². The number of fused-ring (bicyclic) bond motifs is 2. The van der Waals surface area contributed by atoms with Gasteiger partial charge in [0.2, 0.25) is 4.96 Å². The third kappa shape index (κ3) is 3.09. The van der Waals surface area contributed by atoms with Crippen LogP contribution in [-0.4, -0.2) is 48.1 Å². The Bertz CT molecular complexity index is 1180. The maximum absolute atomic E-state index is 12.4. The van der Waals surface area contributed by atoms with Crippen molar-refractivity contribution in [2.75, 3.05) is 6.54 Å². The highest BCUT2D eigenvalue weighted by molar-refractivity contribution is 7.16. The van der Waals surface area contributed by atoms with Crippen LogP contribution in [0.1, 0.15) is 38.6 Å². The number of amides is 2. The summed E-state index contributed by atoms with van der Waals surface area (Å²) in [6.07, 6.45) is 5.74. The molecule has 0 fully saturated rings. The van der Waals surface area contributed by atoms with E-state index < -0.39 is 0 Å². The smallest absolute Gasteiger partial charge is 0.261 e. The van der Waals surface area contributed by atoms with Crippen LogP contribution < -0.4 is 0 Å². The topological polar surface area (TPSA) is 93.4 Å². The van der Waals surface area contributed by atoms with Crippen LogP contribution in [0.4, 0.5) is 0 Å². The van der Waals surface area contributed by atoms with Gasteiger partial charge >= 0.3 is 0 Å². The first-order valence-corrected chi connectivity index (χ1v) is 10.1. The molecule has 0 N–H and O–H groups in total. The Kier molecular flexibility index (Phi) is 4.36. The van der Waals surface area contributed by atoms with Crippen LogP contribution in [0.25, 0.3) is 16.3 Å². The van der Waals surface area contributed by atoms with Gasteiger partial charge in [-0.15, -0.1) is 10.2 Å². The molecular formula is C20H16N6O2S. The second kappa shape index (κ2) is 7.17. The lowest BCUT2D eigenvalue weighted by Gasteiger charge is -2.12. The van der Waals surface area contributed by atoms with E-state index in [0.717, 1.165) is 34.8 Å². The fraction of sp³-hybridized carbons (Fsp3) is 0.200. The fourth-order valence-electron chi connectivity index (χ4n) is 3.42. The molecule has 0 bridgehead atoms. The second-order valence-electron chi connectivity index (χ2n) is 6.72. The van der Waals surface area contributed by atoms with E-state index in [4.69, 9.17) is 0 Å². The van der Waals surface area contributed by atoms with Gasteiger partial charge in [-0.3, -0.25) is 19.5 Å². The molecule has 4 heterocycles. The first kappa shape index (κ1) is 17.6. The highest BCUT2D eigenvalue weighted by Crippen LogP contribution is 2.24. The number of imide groups is 1. The van der Waals surface area contributed by atoms with Crippen molar-refractivity contribution in [2.24, 2.45) is 0 Å². The number of unbranched alkanes of at least 4 members (excludes halogenated alkanes) is 1. The maximum atomic E-state index is 12.4. The highest BCUT2D eigenvalue weighted by atomic mass is 32.1. The Morgan fingerprint density at radius 2 is 1.72 bits per heavy atom. The monoisotopic (exact) mass is 404 g/mol. The first-order valence-electron chi connectivity index (χ1n) is 9.29. The average Bonchev–Trinajstić information content (AvgIpc) is 3.40. The van der Waals surface area contributed by atoms with E-state index in [-0.39, 0.29) is 11.8 Å². The van der Waals surface area contributed by atoms with E-state index in [0.29, 0.717) is 23.5 Å². The summed E-state index contributed by atoms with van der Waals surface area (Å²) in [6.45, 7) is 0.414. The summed E-state index contributed by atoms with van der Waals surface area (Å²) in [5.74, 6) is 0.262. The molecule has 3 aromatic heterocycles. The number of nitrogens with zero attached hydrogens (tertiary/aromatic N) is 6. The number of aryl methyl sites for hydroxylation is 1. The lowest BCUT2D eigenvalue weighted by atomic mass is 10.1. The molecule has 144 valence electrons. The van der Waals surface area contributed by atoms with Gasteiger partial charge in [0.05, 0.1) is 11.1 Å². The predicted molar refractivity (Wildman–Crippen MR) is 107 cm³/mol. The maximum Gasteiger partial charge on any atom is 0.261 e. The normalized spacial score (nSPS) is 13.4. The molecule has 0 saturated heterocycles. The Morgan fingerprint density at radius 3 is 2.45 bits per heavy atom. The van der Waals surface area contributed by atoms with E-state index in [1.165, 1.54) is 16.2 Å². The van der Waals surface area contributed by atoms with Crippen LogP contribution in [0, 0.1) is 0 Å². The Balaban J connectivity index is 1.22. The van der Waals surface area contributed by atoms with Crippen molar-refractivity contribution in [3.8, 4) is 11.4 Å². The summed E-state index contributed by atoms with van der Waals surface area (Å²) in [7, 11) is 0. The van der Waals surface area contributed by atoms with Crippen molar-refractivity contribution < 1.29 is 9.59 Å². The average molecular weight is 404 g/mol. The van der Waals surface area contributed by atoms with Gasteiger partial charge in [-0.1, -0.05) is 23.5 Å². The largest absolute Gasteiger partial charge is 0.274 e. The van der Waals surface area contributed by atoms with E-state index in [9.17, 15) is 9.59 Å². The molecule has 4 aromatic rings. The molecule has 9 heteroatoms. The highest BCUT2D eigenvalue weighted by Gasteiger charge is 2.34. The molecular weight excluding hydrogens is 388 g/mol. The fourth-order valence-corrected chi connectivity index (χ4v) is 4.30. The van der Waals surface area contributed by atoms with Crippen LogP contribution in [0.3, 0.4) is 0 Å². The summed E-state index contributed by atoms with van der Waals surface area (Å²) in [5.41, 5.74) is 1.85. The number of benzene rings is 1. The summed E-state index contributed by atoms with van der Waals surface area (Å²) >= 11 is 1.50. The van der Waals surface area contributed by atoms with Gasteiger partial charge in [0.25, 0.3) is 11.8 Å². The predicted octanol–water partition coefficient (Wildman–Crippen LogP) is 2.87. The number of hydrogen-bond acceptors (Lipinski definition) is 7. The number of pyridine rings is 1. The molecule has 0 spiro atoms. The molecule has 29 heavy (non-hydrogen) atoms. The molecule has 0 radical (unpaired) electrons. The Labute approximate surface area is 169 Å². The summed E-state index contributed by atoms with van der Waals surface area (Å²) in [4.78, 5) is 31.0. The van der Waals surface area contributed by atoms with E-state index >= 15 is 0 Å². The van der Waals surface area contributed by atoms with Gasteiger partial charge in [0, 0.05) is 30.9 Å². The summed E-state index contributed by atoms with van der Waals surface area (Å²) in [6, 6.07) is 10.7. The van der Waals surface area contributed by atoms with Gasteiger partial charge in [0.1, 0.15) is 5.01 Å². The molecule has 1 aliphatic rings. The van der Waals surface area contributed by atoms with Crippen LogP contribution in [-0.2, 0) is 6.42 Å². The van der Waals surface area contributed by atoms with Gasteiger partial charge in [0.15, 0.2) is 5.82 Å². The number of aromatic nitrogens is 5. The van der Waals surface area contributed by atoms with Gasteiger partial charge in [-0.25, -0.2) is 0 Å². The molecule has 1 aromatic carbocycles. The molecule has 0 aliphatic carbocycles.